The van der Waals surface area contributed by atoms with Gasteiger partial charge in [-0.15, -0.1) is 0 Å². The number of carbonyl (C=O) groups excluding carboxylic acids is 1. The number of benzene rings is 1. The lowest BCUT2D eigenvalue weighted by Gasteiger charge is -2.12. The monoisotopic (exact) mass is 391 g/mol. The summed E-state index contributed by atoms with van der Waals surface area (Å²) in [6.45, 7) is 1.80. The molecular weight excluding hydrogens is 370 g/mol. The molecule has 0 aliphatic heterocycles. The summed E-state index contributed by atoms with van der Waals surface area (Å²) in [6.07, 6.45) is 4.62. The summed E-state index contributed by atoms with van der Waals surface area (Å²) < 4.78 is 6.50. The van der Waals surface area contributed by atoms with Crippen LogP contribution in [0.4, 0.5) is 5.82 Å². The van der Waals surface area contributed by atoms with Crippen LogP contribution < -0.4 is 5.73 Å². The molecule has 0 aliphatic rings. The van der Waals surface area contributed by atoms with Gasteiger partial charge in [-0.25, -0.2) is 9.97 Å². The quantitative estimate of drug-likeness (QED) is 0.617. The van der Waals surface area contributed by atoms with Gasteiger partial charge in [0.2, 0.25) is 0 Å². The maximum absolute atomic E-state index is 12.1. The minimum atomic E-state index is -1.01. The van der Waals surface area contributed by atoms with Gasteiger partial charge in [0.25, 0.3) is 0 Å². The van der Waals surface area contributed by atoms with Gasteiger partial charge in [-0.05, 0) is 18.6 Å². The van der Waals surface area contributed by atoms with Crippen molar-refractivity contribution in [1.82, 2.24) is 14.5 Å². The van der Waals surface area contributed by atoms with Crippen molar-refractivity contribution >= 4 is 29.0 Å². The largest absolute Gasteiger partial charge is 0.468 e. The highest BCUT2D eigenvalue weighted by atomic mass is 16.5. The Morgan fingerprint density at radius 3 is 2.72 bits per heavy atom. The predicted molar refractivity (Wildman–Crippen MR) is 109 cm³/mol. The van der Waals surface area contributed by atoms with E-state index >= 15 is 0 Å². The van der Waals surface area contributed by atoms with Crippen LogP contribution in [-0.4, -0.2) is 39.3 Å². The van der Waals surface area contributed by atoms with Crippen LogP contribution in [0.25, 0.3) is 28.4 Å². The molecule has 148 valence electrons. The Hall–Kier alpha value is -3.70. The third-order valence-electron chi connectivity index (χ3n) is 4.65. The number of aliphatic hydroxyl groups excluding tert-OH is 1. The molecule has 3 N–H and O–H groups in total. The van der Waals surface area contributed by atoms with E-state index in [2.05, 4.69) is 9.97 Å². The Morgan fingerprint density at radius 2 is 2.10 bits per heavy atom. The molecule has 0 saturated carbocycles. The molecule has 0 saturated heterocycles. The number of rotatable bonds is 6. The van der Waals surface area contributed by atoms with E-state index in [9.17, 15) is 15.2 Å². The second-order valence-corrected chi connectivity index (χ2v) is 6.49. The molecule has 2 heterocycles. The fourth-order valence-corrected chi connectivity index (χ4v) is 3.27. The number of methoxy groups -OCH3 is 1. The average molecular weight is 391 g/mol. The number of ether oxygens (including phenoxy) is 1. The SMILES string of the molecule is COC(=O)C(C#N)Cc1c(-c2ccc(C)cc2)c2c(N)ncnc2n1/C=C/CO. The normalized spacial score (nSPS) is 12.2. The second kappa shape index (κ2) is 8.54. The van der Waals surface area contributed by atoms with Crippen molar-refractivity contribution in [3.05, 3.63) is 47.9 Å². The minimum Gasteiger partial charge on any atom is -0.468 e. The van der Waals surface area contributed by atoms with Gasteiger partial charge in [0, 0.05) is 23.9 Å². The Balaban J connectivity index is 2.36. The molecular formula is C21H21N5O3. The summed E-state index contributed by atoms with van der Waals surface area (Å²) in [5, 5.41) is 19.4. The molecule has 0 aliphatic carbocycles. The van der Waals surface area contributed by atoms with Gasteiger partial charge in [0.05, 0.1) is 25.2 Å². The van der Waals surface area contributed by atoms with E-state index < -0.39 is 11.9 Å². The van der Waals surface area contributed by atoms with Gasteiger partial charge < -0.3 is 20.1 Å². The van der Waals surface area contributed by atoms with Crippen molar-refractivity contribution in [3.63, 3.8) is 0 Å². The lowest BCUT2D eigenvalue weighted by molar-refractivity contribution is -0.143. The van der Waals surface area contributed by atoms with Crippen LogP contribution in [0.5, 0.6) is 0 Å². The van der Waals surface area contributed by atoms with Gasteiger partial charge in [-0.1, -0.05) is 29.8 Å². The molecule has 0 amide bonds. The van der Waals surface area contributed by atoms with Gasteiger partial charge in [0.1, 0.15) is 23.7 Å². The highest BCUT2D eigenvalue weighted by molar-refractivity contribution is 6.03. The summed E-state index contributed by atoms with van der Waals surface area (Å²) in [5.41, 5.74) is 10.1. The van der Waals surface area contributed by atoms with E-state index in [1.54, 1.807) is 16.8 Å². The van der Waals surface area contributed by atoms with Crippen LogP contribution >= 0.6 is 0 Å². The number of esters is 1. The number of hydrogen-bond donors (Lipinski definition) is 2. The first-order chi connectivity index (χ1) is 14.0. The van der Waals surface area contributed by atoms with Crippen LogP contribution in [-0.2, 0) is 16.0 Å². The molecule has 1 atom stereocenters. The van der Waals surface area contributed by atoms with Crippen molar-refractivity contribution in [2.24, 2.45) is 5.92 Å². The average Bonchev–Trinajstić information content (AvgIpc) is 3.04. The van der Waals surface area contributed by atoms with Gasteiger partial charge in [0.15, 0.2) is 0 Å². The lowest BCUT2D eigenvalue weighted by Crippen LogP contribution is -2.18. The standard InChI is InChI=1S/C21H21N5O3/c1-13-4-6-14(7-5-13)17-16(10-15(11-22)21(28)29-2)26(8-3-9-27)20-18(17)19(23)24-12-25-20/h3-8,12,15,27H,9-10H2,1-2H3,(H2,23,24,25)/b8-3+. The number of nitriles is 1. The number of carbonyl (C=O) groups is 1. The minimum absolute atomic E-state index is 0.0813. The topological polar surface area (TPSA) is 127 Å². The van der Waals surface area contributed by atoms with Crippen LogP contribution in [0, 0.1) is 24.2 Å². The third-order valence-corrected chi connectivity index (χ3v) is 4.65. The maximum atomic E-state index is 12.1. The van der Waals surface area contributed by atoms with E-state index in [4.69, 9.17) is 10.5 Å². The number of fused-ring (bicyclic) bond motifs is 1. The maximum Gasteiger partial charge on any atom is 0.323 e. The van der Waals surface area contributed by atoms with Gasteiger partial charge >= 0.3 is 5.97 Å². The summed E-state index contributed by atoms with van der Waals surface area (Å²) in [5.74, 6) is -1.34. The Labute approximate surface area is 167 Å². The molecule has 3 aromatic rings. The number of aromatic nitrogens is 3. The lowest BCUT2D eigenvalue weighted by atomic mass is 9.96. The van der Waals surface area contributed by atoms with E-state index in [0.29, 0.717) is 16.7 Å². The molecule has 0 fully saturated rings. The Morgan fingerprint density at radius 1 is 1.38 bits per heavy atom. The zero-order valence-corrected chi connectivity index (χ0v) is 16.2. The van der Waals surface area contributed by atoms with Gasteiger partial charge in [-0.2, -0.15) is 5.26 Å². The first-order valence-electron chi connectivity index (χ1n) is 8.97. The molecule has 8 nitrogen and oxygen atoms in total. The molecule has 0 spiro atoms. The zero-order chi connectivity index (χ0) is 21.0. The van der Waals surface area contributed by atoms with Gasteiger partial charge in [-0.3, -0.25) is 4.79 Å². The Bertz CT molecular complexity index is 1110. The zero-order valence-electron chi connectivity index (χ0n) is 16.2. The molecule has 29 heavy (non-hydrogen) atoms. The number of hydrogen-bond acceptors (Lipinski definition) is 7. The number of anilines is 1. The molecule has 3 rings (SSSR count). The first kappa shape index (κ1) is 20.0. The highest BCUT2D eigenvalue weighted by Gasteiger charge is 2.27. The number of aryl methyl sites for hydroxylation is 1. The fourth-order valence-electron chi connectivity index (χ4n) is 3.27. The van der Waals surface area contributed by atoms with Crippen molar-refractivity contribution in [2.75, 3.05) is 19.5 Å². The number of nitrogen functional groups attached to an aromatic ring is 1. The predicted octanol–water partition coefficient (Wildman–Crippen LogP) is 2.31. The van der Waals surface area contributed by atoms with Crippen molar-refractivity contribution in [2.45, 2.75) is 13.3 Å². The number of aliphatic hydroxyl groups is 1. The second-order valence-electron chi connectivity index (χ2n) is 6.49. The third kappa shape index (κ3) is 3.81. The van der Waals surface area contributed by atoms with Crippen LogP contribution in [0.2, 0.25) is 0 Å². The summed E-state index contributed by atoms with van der Waals surface area (Å²) in [7, 11) is 1.25. The van der Waals surface area contributed by atoms with Crippen molar-refractivity contribution < 1.29 is 14.6 Å². The van der Waals surface area contributed by atoms with E-state index in [0.717, 1.165) is 16.7 Å². The summed E-state index contributed by atoms with van der Waals surface area (Å²) >= 11 is 0. The summed E-state index contributed by atoms with van der Waals surface area (Å²) in [6, 6.07) is 9.82. The van der Waals surface area contributed by atoms with E-state index in [-0.39, 0.29) is 18.8 Å². The molecule has 0 bridgehead atoms. The molecule has 8 heteroatoms. The van der Waals surface area contributed by atoms with Crippen molar-refractivity contribution in [3.8, 4) is 17.2 Å². The van der Waals surface area contributed by atoms with Crippen molar-refractivity contribution in [1.29, 1.82) is 5.26 Å². The smallest absolute Gasteiger partial charge is 0.323 e. The Kier molecular flexibility index (Phi) is 5.90. The number of nitrogens with two attached hydrogens (primary N) is 1. The van der Waals surface area contributed by atoms with Crippen LogP contribution in [0.1, 0.15) is 11.3 Å². The first-order valence-corrected chi connectivity index (χ1v) is 8.97. The van der Waals surface area contributed by atoms with E-state index in [1.807, 2.05) is 37.3 Å². The molecule has 1 unspecified atom stereocenters. The fraction of sp³-hybridized carbons (Fsp3) is 0.238. The molecule has 0 radical (unpaired) electrons. The van der Waals surface area contributed by atoms with E-state index in [1.165, 1.54) is 13.4 Å². The van der Waals surface area contributed by atoms with Crippen LogP contribution in [0.3, 0.4) is 0 Å². The number of nitrogens with zero attached hydrogens (tertiary/aromatic N) is 4. The molecule has 2 aromatic heterocycles. The molecule has 1 aromatic carbocycles. The summed E-state index contributed by atoms with van der Waals surface area (Å²) in [4.78, 5) is 20.6. The van der Waals surface area contributed by atoms with Crippen LogP contribution in [0.15, 0.2) is 36.7 Å². The highest BCUT2D eigenvalue weighted by Crippen LogP contribution is 2.38.